The van der Waals surface area contributed by atoms with Gasteiger partial charge in [-0.1, -0.05) is 68.4 Å². The van der Waals surface area contributed by atoms with Crippen LogP contribution < -0.4 is 4.74 Å². The molecule has 4 aromatic rings. The van der Waals surface area contributed by atoms with Crippen LogP contribution in [0.15, 0.2) is 84.9 Å². The average Bonchev–Trinajstić information content (AvgIpc) is 3.14. The molecule has 188 valence electrons. The molecule has 0 bridgehead atoms. The second kappa shape index (κ2) is 12.0. The maximum atomic E-state index is 13.9. The molecule has 0 aliphatic heterocycles. The van der Waals surface area contributed by atoms with E-state index in [4.69, 9.17) is 9.84 Å². The highest BCUT2D eigenvalue weighted by Gasteiger charge is 2.23. The lowest BCUT2D eigenvalue weighted by Crippen LogP contribution is -2.35. The van der Waals surface area contributed by atoms with E-state index in [0.717, 1.165) is 29.1 Å². The molecule has 6 heteroatoms. The number of nitrogens with zero attached hydrogens (tertiary/aromatic N) is 3. The number of aryl methyl sites for hydroxylation is 1. The Bertz CT molecular complexity index is 1240. The minimum absolute atomic E-state index is 0.359. The van der Waals surface area contributed by atoms with Gasteiger partial charge in [0.15, 0.2) is 0 Å². The lowest BCUT2D eigenvalue weighted by Gasteiger charge is -2.27. The van der Waals surface area contributed by atoms with Crippen LogP contribution in [0.5, 0.6) is 11.6 Å². The third-order valence-corrected chi connectivity index (χ3v) is 5.94. The van der Waals surface area contributed by atoms with E-state index in [1.165, 1.54) is 12.1 Å². The molecule has 1 N–H and O–H groups in total. The van der Waals surface area contributed by atoms with Crippen molar-refractivity contribution in [3.63, 3.8) is 0 Å². The molecule has 0 unspecified atom stereocenters. The average molecular weight is 488 g/mol. The summed E-state index contributed by atoms with van der Waals surface area (Å²) in [6, 6.07) is 25.9. The molecule has 36 heavy (non-hydrogen) atoms. The van der Waals surface area contributed by atoms with Crippen molar-refractivity contribution < 1.29 is 14.2 Å². The fourth-order valence-corrected chi connectivity index (χ4v) is 4.40. The number of ether oxygens (including phenoxy) is 1. The standard InChI is InChI=1S/C30H34FN3O2/c1-22(2)19-33(20-27(35)17-24-11-6-4-7-12-24)21-29-23(3)32-34(26-14-8-5-9-15-26)30(29)36-28-16-10-13-25(31)18-28/h4-16,18,22,27,35H,17,19-21H2,1-3H3/t27-/m1/s1. The van der Waals surface area contributed by atoms with Crippen molar-refractivity contribution in [3.05, 3.63) is 108 Å². The Labute approximate surface area is 212 Å². The van der Waals surface area contributed by atoms with Crippen molar-refractivity contribution in [2.24, 2.45) is 5.92 Å². The highest BCUT2D eigenvalue weighted by Crippen LogP contribution is 2.32. The summed E-state index contributed by atoms with van der Waals surface area (Å²) in [7, 11) is 0. The molecule has 0 saturated heterocycles. The molecule has 3 aromatic carbocycles. The number of benzene rings is 3. The van der Waals surface area contributed by atoms with Crippen molar-refractivity contribution in [2.45, 2.75) is 39.8 Å². The number of aromatic nitrogens is 2. The lowest BCUT2D eigenvalue weighted by molar-refractivity contribution is 0.101. The number of hydrogen-bond donors (Lipinski definition) is 1. The monoisotopic (exact) mass is 487 g/mol. The molecule has 4 rings (SSSR count). The van der Waals surface area contributed by atoms with E-state index in [9.17, 15) is 9.50 Å². The second-order valence-electron chi connectivity index (χ2n) is 9.61. The van der Waals surface area contributed by atoms with Gasteiger partial charge in [0, 0.05) is 25.7 Å². The first-order valence-electron chi connectivity index (χ1n) is 12.4. The van der Waals surface area contributed by atoms with E-state index in [0.29, 0.717) is 37.1 Å². The van der Waals surface area contributed by atoms with Crippen LogP contribution in [0.2, 0.25) is 0 Å². The number of rotatable bonds is 11. The summed E-state index contributed by atoms with van der Waals surface area (Å²) < 4.78 is 22.0. The van der Waals surface area contributed by atoms with E-state index >= 15 is 0 Å². The van der Waals surface area contributed by atoms with Crippen LogP contribution in [0.3, 0.4) is 0 Å². The van der Waals surface area contributed by atoms with Gasteiger partial charge in [0.2, 0.25) is 5.88 Å². The van der Waals surface area contributed by atoms with Gasteiger partial charge in [-0.3, -0.25) is 4.90 Å². The number of aliphatic hydroxyl groups excluding tert-OH is 1. The first-order valence-corrected chi connectivity index (χ1v) is 12.4. The molecular weight excluding hydrogens is 453 g/mol. The van der Waals surface area contributed by atoms with Crippen LogP contribution in [0, 0.1) is 18.7 Å². The van der Waals surface area contributed by atoms with Crippen LogP contribution in [-0.4, -0.2) is 39.0 Å². The van der Waals surface area contributed by atoms with Crippen LogP contribution in [0.1, 0.15) is 30.7 Å². The van der Waals surface area contributed by atoms with Crippen LogP contribution in [0.4, 0.5) is 4.39 Å². The summed E-state index contributed by atoms with van der Waals surface area (Å²) in [5, 5.41) is 15.7. The first kappa shape index (κ1) is 25.6. The SMILES string of the molecule is Cc1nn(-c2ccccc2)c(Oc2cccc(F)c2)c1CN(CC(C)C)C[C@H](O)Cc1ccccc1. The Kier molecular flexibility index (Phi) is 8.52. The molecule has 1 aromatic heterocycles. The predicted octanol–water partition coefficient (Wildman–Crippen LogP) is 6.17. The van der Waals surface area contributed by atoms with Crippen molar-refractivity contribution in [2.75, 3.05) is 13.1 Å². The highest BCUT2D eigenvalue weighted by molar-refractivity contribution is 5.43. The predicted molar refractivity (Wildman–Crippen MR) is 141 cm³/mol. The zero-order valence-corrected chi connectivity index (χ0v) is 21.1. The third-order valence-electron chi connectivity index (χ3n) is 5.94. The van der Waals surface area contributed by atoms with Crippen molar-refractivity contribution in [1.29, 1.82) is 0 Å². The highest BCUT2D eigenvalue weighted by atomic mass is 19.1. The topological polar surface area (TPSA) is 50.5 Å². The van der Waals surface area contributed by atoms with Crippen molar-refractivity contribution >= 4 is 0 Å². The quantitative estimate of drug-likeness (QED) is 0.275. The second-order valence-corrected chi connectivity index (χ2v) is 9.61. The van der Waals surface area contributed by atoms with Gasteiger partial charge in [-0.05, 0) is 49.1 Å². The number of halogens is 1. The van der Waals surface area contributed by atoms with Gasteiger partial charge in [-0.25, -0.2) is 9.07 Å². The van der Waals surface area contributed by atoms with Gasteiger partial charge >= 0.3 is 0 Å². The Morgan fingerprint density at radius 3 is 2.31 bits per heavy atom. The van der Waals surface area contributed by atoms with Gasteiger partial charge in [0.05, 0.1) is 23.0 Å². The van der Waals surface area contributed by atoms with Crippen LogP contribution in [-0.2, 0) is 13.0 Å². The number of para-hydroxylation sites is 1. The molecule has 0 radical (unpaired) electrons. The summed E-state index contributed by atoms with van der Waals surface area (Å²) in [5.41, 5.74) is 3.71. The van der Waals surface area contributed by atoms with E-state index in [-0.39, 0.29) is 5.82 Å². The zero-order chi connectivity index (χ0) is 25.5. The molecule has 1 heterocycles. The normalized spacial score (nSPS) is 12.3. The van der Waals surface area contributed by atoms with E-state index < -0.39 is 6.10 Å². The first-order chi connectivity index (χ1) is 17.4. The summed E-state index contributed by atoms with van der Waals surface area (Å²) in [5.74, 6) is 1.01. The molecule has 1 atom stereocenters. The number of aliphatic hydroxyl groups is 1. The van der Waals surface area contributed by atoms with E-state index in [1.807, 2.05) is 67.6 Å². The van der Waals surface area contributed by atoms with Crippen molar-refractivity contribution in [1.82, 2.24) is 14.7 Å². The summed E-state index contributed by atoms with van der Waals surface area (Å²) >= 11 is 0. The third kappa shape index (κ3) is 6.80. The van der Waals surface area contributed by atoms with E-state index in [2.05, 4.69) is 18.7 Å². The van der Waals surface area contributed by atoms with Crippen LogP contribution >= 0.6 is 0 Å². The maximum absolute atomic E-state index is 13.9. The number of hydrogen-bond acceptors (Lipinski definition) is 4. The van der Waals surface area contributed by atoms with Gasteiger partial charge in [-0.15, -0.1) is 0 Å². The smallest absolute Gasteiger partial charge is 0.227 e. The minimum Gasteiger partial charge on any atom is -0.438 e. The van der Waals surface area contributed by atoms with Crippen LogP contribution in [0.25, 0.3) is 5.69 Å². The molecule has 0 aliphatic rings. The molecule has 0 fully saturated rings. The fourth-order valence-electron chi connectivity index (χ4n) is 4.40. The lowest BCUT2D eigenvalue weighted by atomic mass is 10.1. The van der Waals surface area contributed by atoms with Gasteiger partial charge in [-0.2, -0.15) is 5.10 Å². The molecular formula is C30H34FN3O2. The van der Waals surface area contributed by atoms with Gasteiger partial charge in [0.1, 0.15) is 11.6 Å². The zero-order valence-electron chi connectivity index (χ0n) is 21.1. The minimum atomic E-state index is -0.511. The Morgan fingerprint density at radius 1 is 0.944 bits per heavy atom. The Morgan fingerprint density at radius 2 is 1.64 bits per heavy atom. The molecule has 0 saturated carbocycles. The van der Waals surface area contributed by atoms with Gasteiger partial charge < -0.3 is 9.84 Å². The summed E-state index contributed by atoms with van der Waals surface area (Å²) in [6.45, 7) is 8.17. The van der Waals surface area contributed by atoms with Crippen molar-refractivity contribution in [3.8, 4) is 17.3 Å². The van der Waals surface area contributed by atoms with E-state index in [1.54, 1.807) is 16.8 Å². The fraction of sp³-hybridized carbons (Fsp3) is 0.300. The summed E-state index contributed by atoms with van der Waals surface area (Å²) in [6.07, 6.45) is 0.0767. The molecule has 0 amide bonds. The Balaban J connectivity index is 1.64. The maximum Gasteiger partial charge on any atom is 0.227 e. The Hall–Kier alpha value is -3.48. The largest absolute Gasteiger partial charge is 0.438 e. The molecule has 5 nitrogen and oxygen atoms in total. The van der Waals surface area contributed by atoms with Gasteiger partial charge in [0.25, 0.3) is 0 Å². The summed E-state index contributed by atoms with van der Waals surface area (Å²) in [4.78, 5) is 2.25. The molecule has 0 aliphatic carbocycles. The molecule has 0 spiro atoms.